The van der Waals surface area contributed by atoms with Gasteiger partial charge in [0.25, 0.3) is 10.2 Å². The molecule has 0 saturated carbocycles. The molecule has 0 bridgehead atoms. The first-order chi connectivity index (χ1) is 11.5. The standard InChI is InChI=1S/C16H25N3O4S/c1-23-15-5-8-18(9-6-15)24(21,22)19-7-4-14(12-19)10-13-2-3-16(20)17-11-13/h2-3,11,14-15H,4-10,12H2,1H3,(H,17,20)/t14-/m0/s1. The SMILES string of the molecule is COC1CCN(S(=O)(=O)N2CC[C@@H](Cc3ccc(=O)[nH]c3)C2)CC1. The summed E-state index contributed by atoms with van der Waals surface area (Å²) in [5.74, 6) is 0.294. The highest BCUT2D eigenvalue weighted by Gasteiger charge is 2.37. The molecule has 24 heavy (non-hydrogen) atoms. The number of hydrogen-bond acceptors (Lipinski definition) is 4. The van der Waals surface area contributed by atoms with Crippen LogP contribution in [0.4, 0.5) is 0 Å². The summed E-state index contributed by atoms with van der Waals surface area (Å²) < 4.78 is 34.1. The van der Waals surface area contributed by atoms with Gasteiger partial charge in [0, 0.05) is 45.6 Å². The lowest BCUT2D eigenvalue weighted by Crippen LogP contribution is -2.47. The third-order valence-electron chi connectivity index (χ3n) is 5.01. The van der Waals surface area contributed by atoms with Crippen molar-refractivity contribution in [1.29, 1.82) is 0 Å². The molecule has 7 nitrogen and oxygen atoms in total. The van der Waals surface area contributed by atoms with Gasteiger partial charge in [-0.05, 0) is 37.2 Å². The lowest BCUT2D eigenvalue weighted by molar-refractivity contribution is 0.0592. The maximum absolute atomic E-state index is 12.8. The van der Waals surface area contributed by atoms with E-state index in [4.69, 9.17) is 4.74 Å². The van der Waals surface area contributed by atoms with Crippen molar-refractivity contribution in [2.75, 3.05) is 33.3 Å². The second kappa shape index (κ2) is 7.35. The molecule has 0 aliphatic carbocycles. The number of hydrogen-bond donors (Lipinski definition) is 1. The smallest absolute Gasteiger partial charge is 0.281 e. The van der Waals surface area contributed by atoms with E-state index < -0.39 is 10.2 Å². The van der Waals surface area contributed by atoms with E-state index in [0.717, 1.165) is 31.2 Å². The van der Waals surface area contributed by atoms with Gasteiger partial charge in [-0.3, -0.25) is 4.79 Å². The number of aromatic nitrogens is 1. The van der Waals surface area contributed by atoms with Gasteiger partial charge in [0.05, 0.1) is 6.10 Å². The first-order valence-corrected chi connectivity index (χ1v) is 9.84. The molecule has 2 fully saturated rings. The lowest BCUT2D eigenvalue weighted by Gasteiger charge is -2.33. The van der Waals surface area contributed by atoms with Crippen LogP contribution in [0, 0.1) is 5.92 Å². The van der Waals surface area contributed by atoms with Gasteiger partial charge >= 0.3 is 0 Å². The van der Waals surface area contributed by atoms with E-state index in [1.54, 1.807) is 21.9 Å². The van der Waals surface area contributed by atoms with E-state index in [1.165, 1.54) is 6.07 Å². The molecule has 1 aromatic rings. The molecule has 0 radical (unpaired) electrons. The second-order valence-corrected chi connectivity index (χ2v) is 8.55. The van der Waals surface area contributed by atoms with Gasteiger partial charge in [-0.2, -0.15) is 17.0 Å². The average molecular weight is 355 g/mol. The summed E-state index contributed by atoms with van der Waals surface area (Å²) >= 11 is 0. The summed E-state index contributed by atoms with van der Waals surface area (Å²) in [6.07, 6.45) is 5.04. The Bertz CT molecular complexity index is 690. The third kappa shape index (κ3) is 3.88. The zero-order valence-corrected chi connectivity index (χ0v) is 14.8. The van der Waals surface area contributed by atoms with Crippen LogP contribution >= 0.6 is 0 Å². The number of aromatic amines is 1. The summed E-state index contributed by atoms with van der Waals surface area (Å²) in [4.78, 5) is 13.8. The van der Waals surface area contributed by atoms with Crippen molar-refractivity contribution in [2.45, 2.75) is 31.8 Å². The summed E-state index contributed by atoms with van der Waals surface area (Å²) in [5.41, 5.74) is 0.925. The summed E-state index contributed by atoms with van der Waals surface area (Å²) in [7, 11) is -1.69. The lowest BCUT2D eigenvalue weighted by atomic mass is 10.0. The van der Waals surface area contributed by atoms with Crippen molar-refractivity contribution < 1.29 is 13.2 Å². The van der Waals surface area contributed by atoms with Gasteiger partial charge < -0.3 is 9.72 Å². The predicted molar refractivity (Wildman–Crippen MR) is 91.0 cm³/mol. The van der Waals surface area contributed by atoms with E-state index in [1.807, 2.05) is 6.07 Å². The minimum atomic E-state index is -3.37. The summed E-state index contributed by atoms with van der Waals surface area (Å²) in [5, 5.41) is 0. The molecule has 0 amide bonds. The zero-order valence-electron chi connectivity index (χ0n) is 14.0. The van der Waals surface area contributed by atoms with Crippen LogP contribution in [0.5, 0.6) is 0 Å². The van der Waals surface area contributed by atoms with Gasteiger partial charge in [-0.15, -0.1) is 0 Å². The monoisotopic (exact) mass is 355 g/mol. The van der Waals surface area contributed by atoms with Crippen LogP contribution in [0.2, 0.25) is 0 Å². The molecular formula is C16H25N3O4S. The Kier molecular flexibility index (Phi) is 5.39. The number of H-pyrrole nitrogens is 1. The molecule has 0 spiro atoms. The Morgan fingerprint density at radius 1 is 1.17 bits per heavy atom. The first kappa shape index (κ1) is 17.6. The van der Waals surface area contributed by atoms with Crippen LogP contribution in [-0.2, 0) is 21.4 Å². The van der Waals surface area contributed by atoms with E-state index >= 15 is 0 Å². The number of rotatable bonds is 5. The molecule has 1 atom stereocenters. The van der Waals surface area contributed by atoms with Crippen LogP contribution < -0.4 is 5.56 Å². The normalized spacial score (nSPS) is 24.5. The number of nitrogens with one attached hydrogen (secondary N) is 1. The molecule has 8 heteroatoms. The first-order valence-electron chi connectivity index (χ1n) is 8.44. The number of piperidine rings is 1. The maximum atomic E-state index is 12.8. The van der Waals surface area contributed by atoms with Crippen molar-refractivity contribution in [3.05, 3.63) is 34.2 Å². The fourth-order valence-electron chi connectivity index (χ4n) is 3.54. The van der Waals surface area contributed by atoms with Crippen LogP contribution in [0.3, 0.4) is 0 Å². The van der Waals surface area contributed by atoms with E-state index in [9.17, 15) is 13.2 Å². The number of ether oxygens (including phenoxy) is 1. The van der Waals surface area contributed by atoms with Gasteiger partial charge in [0.15, 0.2) is 0 Å². The fourth-order valence-corrected chi connectivity index (χ4v) is 5.27. The highest BCUT2D eigenvalue weighted by atomic mass is 32.2. The van der Waals surface area contributed by atoms with Crippen molar-refractivity contribution in [3.8, 4) is 0 Å². The van der Waals surface area contributed by atoms with E-state index in [-0.39, 0.29) is 11.7 Å². The molecule has 1 aromatic heterocycles. The third-order valence-corrected chi connectivity index (χ3v) is 7.01. The number of methoxy groups -OCH3 is 1. The minimum absolute atomic E-state index is 0.117. The molecule has 0 unspecified atom stereocenters. The van der Waals surface area contributed by atoms with Gasteiger partial charge in [-0.1, -0.05) is 6.07 Å². The molecule has 3 heterocycles. The Hall–Kier alpha value is -1.22. The molecule has 1 N–H and O–H groups in total. The topological polar surface area (TPSA) is 82.7 Å². The molecule has 3 rings (SSSR count). The largest absolute Gasteiger partial charge is 0.381 e. The van der Waals surface area contributed by atoms with E-state index in [0.29, 0.717) is 32.1 Å². The molecule has 2 aliphatic heterocycles. The van der Waals surface area contributed by atoms with Crippen LogP contribution in [0.25, 0.3) is 0 Å². The Balaban J connectivity index is 1.58. The van der Waals surface area contributed by atoms with Gasteiger partial charge in [-0.25, -0.2) is 0 Å². The Morgan fingerprint density at radius 3 is 2.50 bits per heavy atom. The fraction of sp³-hybridized carbons (Fsp3) is 0.688. The van der Waals surface area contributed by atoms with Crippen LogP contribution in [0.1, 0.15) is 24.8 Å². The quantitative estimate of drug-likeness (QED) is 0.838. The van der Waals surface area contributed by atoms with Crippen molar-refractivity contribution in [1.82, 2.24) is 13.6 Å². The van der Waals surface area contributed by atoms with Crippen molar-refractivity contribution in [2.24, 2.45) is 5.92 Å². The molecule has 2 saturated heterocycles. The van der Waals surface area contributed by atoms with Crippen LogP contribution in [0.15, 0.2) is 23.1 Å². The zero-order chi connectivity index (χ0) is 17.2. The molecule has 134 valence electrons. The number of nitrogens with zero attached hydrogens (tertiary/aromatic N) is 2. The Labute approximate surface area is 142 Å². The highest BCUT2D eigenvalue weighted by Crippen LogP contribution is 2.26. The van der Waals surface area contributed by atoms with Crippen LogP contribution in [-0.4, -0.2) is 61.4 Å². The molecule has 0 aromatic carbocycles. The van der Waals surface area contributed by atoms with Crippen molar-refractivity contribution >= 4 is 10.2 Å². The predicted octanol–water partition coefficient (Wildman–Crippen LogP) is 0.595. The van der Waals surface area contributed by atoms with Gasteiger partial charge in [0.2, 0.25) is 5.56 Å². The number of pyridine rings is 1. The highest BCUT2D eigenvalue weighted by molar-refractivity contribution is 7.86. The summed E-state index contributed by atoms with van der Waals surface area (Å²) in [6, 6.07) is 3.32. The molecular weight excluding hydrogens is 330 g/mol. The summed E-state index contributed by atoms with van der Waals surface area (Å²) in [6.45, 7) is 2.18. The second-order valence-electron chi connectivity index (χ2n) is 6.62. The van der Waals surface area contributed by atoms with Crippen molar-refractivity contribution in [3.63, 3.8) is 0 Å². The van der Waals surface area contributed by atoms with Gasteiger partial charge in [0.1, 0.15) is 0 Å². The minimum Gasteiger partial charge on any atom is -0.381 e. The maximum Gasteiger partial charge on any atom is 0.281 e. The molecule has 2 aliphatic rings. The average Bonchev–Trinajstić information content (AvgIpc) is 3.06. The van der Waals surface area contributed by atoms with E-state index in [2.05, 4.69) is 4.98 Å². The Morgan fingerprint density at radius 2 is 1.88 bits per heavy atom.